The van der Waals surface area contributed by atoms with E-state index >= 15 is 0 Å². The standard InChI is InChI=1S/C14H24BrN5O2S/c1-16-14(17-5-7-20-6-4-8-23(20,21)22)19(3)11-13-9-12(15)10-18(13)2/h9-10H,4-8,11H2,1-3H3,(H,16,17). The van der Waals surface area contributed by atoms with Gasteiger partial charge in [-0.25, -0.2) is 12.7 Å². The Hall–Kier alpha value is -1.06. The second kappa shape index (κ2) is 7.67. The second-order valence-corrected chi connectivity index (χ2v) is 8.66. The van der Waals surface area contributed by atoms with Gasteiger partial charge in [-0.05, 0) is 28.4 Å². The molecule has 0 unspecified atom stereocenters. The number of nitrogens with zero attached hydrogens (tertiary/aromatic N) is 4. The van der Waals surface area contributed by atoms with E-state index in [2.05, 4.69) is 36.9 Å². The van der Waals surface area contributed by atoms with Gasteiger partial charge >= 0.3 is 0 Å². The van der Waals surface area contributed by atoms with Crippen molar-refractivity contribution in [2.75, 3.05) is 39.5 Å². The Labute approximate surface area is 146 Å². The first kappa shape index (κ1) is 18.3. The first-order valence-electron chi connectivity index (χ1n) is 7.54. The zero-order chi connectivity index (χ0) is 17.0. The minimum Gasteiger partial charge on any atom is -0.355 e. The van der Waals surface area contributed by atoms with Crippen LogP contribution in [0.2, 0.25) is 0 Å². The Bertz CT molecular complexity index is 671. The van der Waals surface area contributed by atoms with Gasteiger partial charge in [0.2, 0.25) is 10.0 Å². The summed E-state index contributed by atoms with van der Waals surface area (Å²) in [4.78, 5) is 6.28. The van der Waals surface area contributed by atoms with Crippen LogP contribution in [0.25, 0.3) is 0 Å². The Morgan fingerprint density at radius 1 is 1.52 bits per heavy atom. The molecule has 0 spiro atoms. The van der Waals surface area contributed by atoms with E-state index in [1.807, 2.05) is 25.2 Å². The van der Waals surface area contributed by atoms with E-state index in [0.717, 1.165) is 22.5 Å². The largest absolute Gasteiger partial charge is 0.355 e. The van der Waals surface area contributed by atoms with Crippen molar-refractivity contribution in [1.29, 1.82) is 0 Å². The van der Waals surface area contributed by atoms with Crippen molar-refractivity contribution in [2.24, 2.45) is 12.0 Å². The third-order valence-corrected chi connectivity index (χ3v) is 6.28. The van der Waals surface area contributed by atoms with Crippen LogP contribution >= 0.6 is 15.9 Å². The smallest absolute Gasteiger partial charge is 0.214 e. The van der Waals surface area contributed by atoms with Crippen LogP contribution in [0.5, 0.6) is 0 Å². The highest BCUT2D eigenvalue weighted by Crippen LogP contribution is 2.15. The molecular weight excluding hydrogens is 382 g/mol. The fraction of sp³-hybridized carbons (Fsp3) is 0.643. The lowest BCUT2D eigenvalue weighted by Gasteiger charge is -2.23. The predicted octanol–water partition coefficient (Wildman–Crippen LogP) is 0.830. The maximum atomic E-state index is 11.8. The molecule has 2 heterocycles. The molecule has 1 aromatic rings. The molecule has 130 valence electrons. The summed E-state index contributed by atoms with van der Waals surface area (Å²) >= 11 is 3.47. The van der Waals surface area contributed by atoms with Gasteiger partial charge in [0.25, 0.3) is 0 Å². The summed E-state index contributed by atoms with van der Waals surface area (Å²) in [5.74, 6) is 1.02. The quantitative estimate of drug-likeness (QED) is 0.581. The topological polar surface area (TPSA) is 69.9 Å². The number of rotatable bonds is 5. The average Bonchev–Trinajstić information content (AvgIpc) is 2.96. The Morgan fingerprint density at radius 3 is 2.78 bits per heavy atom. The molecule has 0 aromatic carbocycles. The molecule has 0 radical (unpaired) electrons. The molecule has 0 saturated carbocycles. The first-order chi connectivity index (χ1) is 10.8. The maximum Gasteiger partial charge on any atom is 0.214 e. The van der Waals surface area contributed by atoms with Gasteiger partial charge in [-0.1, -0.05) is 0 Å². The molecule has 0 aliphatic carbocycles. The Kier molecular flexibility index (Phi) is 6.10. The molecule has 0 bridgehead atoms. The van der Waals surface area contributed by atoms with Crippen LogP contribution in [0, 0.1) is 0 Å². The van der Waals surface area contributed by atoms with Crippen LogP contribution in [0.4, 0.5) is 0 Å². The molecule has 9 heteroatoms. The molecule has 1 fully saturated rings. The van der Waals surface area contributed by atoms with Crippen LogP contribution in [-0.4, -0.2) is 67.6 Å². The van der Waals surface area contributed by atoms with Gasteiger partial charge in [0.15, 0.2) is 5.96 Å². The van der Waals surface area contributed by atoms with Crippen molar-refractivity contribution >= 4 is 31.9 Å². The molecule has 0 atom stereocenters. The van der Waals surface area contributed by atoms with Crippen molar-refractivity contribution in [3.8, 4) is 0 Å². The van der Waals surface area contributed by atoms with Gasteiger partial charge in [-0.2, -0.15) is 0 Å². The molecule has 1 aliphatic rings. The molecule has 23 heavy (non-hydrogen) atoms. The summed E-state index contributed by atoms with van der Waals surface area (Å²) in [6.07, 6.45) is 2.73. The second-order valence-electron chi connectivity index (χ2n) is 5.66. The lowest BCUT2D eigenvalue weighted by Crippen LogP contribution is -2.42. The van der Waals surface area contributed by atoms with E-state index in [0.29, 0.717) is 26.2 Å². The Morgan fingerprint density at radius 2 is 2.26 bits per heavy atom. The average molecular weight is 406 g/mol. The summed E-state index contributed by atoms with van der Waals surface area (Å²) in [6.45, 7) is 2.36. The first-order valence-corrected chi connectivity index (χ1v) is 9.94. The molecule has 1 saturated heterocycles. The molecule has 2 rings (SSSR count). The van der Waals surface area contributed by atoms with Gasteiger partial charge in [-0.3, -0.25) is 4.99 Å². The van der Waals surface area contributed by atoms with E-state index in [-0.39, 0.29) is 5.75 Å². The zero-order valence-electron chi connectivity index (χ0n) is 13.8. The number of hydrogen-bond donors (Lipinski definition) is 1. The van der Waals surface area contributed by atoms with Gasteiger partial charge < -0.3 is 14.8 Å². The van der Waals surface area contributed by atoms with Crippen molar-refractivity contribution < 1.29 is 8.42 Å². The summed E-state index contributed by atoms with van der Waals surface area (Å²) in [7, 11) is 2.66. The van der Waals surface area contributed by atoms with Crippen LogP contribution in [-0.2, 0) is 23.6 Å². The number of hydrogen-bond acceptors (Lipinski definition) is 3. The number of halogens is 1. The third-order valence-electron chi connectivity index (χ3n) is 3.89. The molecule has 1 aliphatic heterocycles. The highest BCUT2D eigenvalue weighted by atomic mass is 79.9. The summed E-state index contributed by atoms with van der Waals surface area (Å²) < 4.78 is 28.2. The van der Waals surface area contributed by atoms with Crippen LogP contribution in [0.3, 0.4) is 0 Å². The van der Waals surface area contributed by atoms with Crippen molar-refractivity contribution in [3.63, 3.8) is 0 Å². The normalized spacial score (nSPS) is 18.3. The van der Waals surface area contributed by atoms with Crippen LogP contribution < -0.4 is 5.32 Å². The van der Waals surface area contributed by atoms with E-state index in [4.69, 9.17) is 0 Å². The molecule has 0 amide bonds. The van der Waals surface area contributed by atoms with Crippen LogP contribution in [0.15, 0.2) is 21.7 Å². The predicted molar refractivity (Wildman–Crippen MR) is 95.9 cm³/mol. The van der Waals surface area contributed by atoms with Gasteiger partial charge in [0.05, 0.1) is 12.3 Å². The zero-order valence-corrected chi connectivity index (χ0v) is 16.2. The number of aliphatic imine (C=N–C) groups is 1. The highest BCUT2D eigenvalue weighted by molar-refractivity contribution is 9.10. The summed E-state index contributed by atoms with van der Waals surface area (Å²) in [5.41, 5.74) is 1.16. The SMILES string of the molecule is CN=C(NCCN1CCCS1(=O)=O)N(C)Cc1cc(Br)cn1C. The molecule has 1 N–H and O–H groups in total. The maximum absolute atomic E-state index is 11.8. The van der Waals surface area contributed by atoms with E-state index in [1.54, 1.807) is 11.4 Å². The van der Waals surface area contributed by atoms with Crippen molar-refractivity contribution in [2.45, 2.75) is 13.0 Å². The number of aryl methyl sites for hydroxylation is 1. The van der Waals surface area contributed by atoms with Gasteiger partial charge in [-0.15, -0.1) is 0 Å². The third kappa shape index (κ3) is 4.71. The summed E-state index contributed by atoms with van der Waals surface area (Å²) in [6, 6.07) is 2.07. The van der Waals surface area contributed by atoms with Gasteiger partial charge in [0.1, 0.15) is 0 Å². The van der Waals surface area contributed by atoms with E-state index in [9.17, 15) is 8.42 Å². The lowest BCUT2D eigenvalue weighted by molar-refractivity contribution is 0.429. The van der Waals surface area contributed by atoms with E-state index in [1.165, 1.54) is 0 Å². The van der Waals surface area contributed by atoms with E-state index < -0.39 is 10.0 Å². The summed E-state index contributed by atoms with van der Waals surface area (Å²) in [5, 5.41) is 3.23. The minimum absolute atomic E-state index is 0.268. The lowest BCUT2D eigenvalue weighted by atomic mass is 10.4. The van der Waals surface area contributed by atoms with Crippen molar-refractivity contribution in [3.05, 3.63) is 22.4 Å². The molecule has 7 nitrogen and oxygen atoms in total. The number of sulfonamides is 1. The molecule has 1 aromatic heterocycles. The van der Waals surface area contributed by atoms with Crippen LogP contribution in [0.1, 0.15) is 12.1 Å². The highest BCUT2D eigenvalue weighted by Gasteiger charge is 2.27. The monoisotopic (exact) mass is 405 g/mol. The number of aromatic nitrogens is 1. The fourth-order valence-electron chi connectivity index (χ4n) is 2.66. The fourth-order valence-corrected chi connectivity index (χ4v) is 4.76. The number of nitrogens with one attached hydrogen (secondary N) is 1. The number of guanidine groups is 1. The Balaban J connectivity index is 1.86. The molecular formula is C14H24BrN5O2S. The van der Waals surface area contributed by atoms with Crippen molar-refractivity contribution in [1.82, 2.24) is 19.1 Å². The van der Waals surface area contributed by atoms with Gasteiger partial charge in [0, 0.05) is 57.1 Å². The minimum atomic E-state index is -3.03.